The maximum Gasteiger partial charge on any atom is 0.247 e. The second-order valence-electron chi connectivity index (χ2n) is 10.0. The Balaban J connectivity index is 2.02. The Bertz CT molecular complexity index is 1300. The number of nitrogens with one attached hydrogen (secondary N) is 1. The van der Waals surface area contributed by atoms with Crippen LogP contribution in [-0.4, -0.2) is 105 Å². The highest BCUT2D eigenvalue weighted by atomic mass is 127. The predicted molar refractivity (Wildman–Crippen MR) is 170 cm³/mol. The maximum absolute atomic E-state index is 13.6. The van der Waals surface area contributed by atoms with Gasteiger partial charge in [-0.15, -0.1) is 0 Å². The third-order valence-corrected chi connectivity index (χ3v) is 8.09. The van der Waals surface area contributed by atoms with Gasteiger partial charge in [0.25, 0.3) is 0 Å². The monoisotopic (exact) mass is 728 g/mol. The highest BCUT2D eigenvalue weighted by Gasteiger charge is 2.41. The van der Waals surface area contributed by atoms with Crippen molar-refractivity contribution in [1.82, 2.24) is 10.2 Å². The first-order chi connectivity index (χ1) is 21.2. The SMILES string of the molecule is COCCC(=O)N(CCc1cc(OC)ccc1OC)[C@@H]1CC(C(=O)NCCO)=C[C@H](Oc2c(I)cc(CO)cc2OC)[C@H]1O. The zero-order valence-electron chi connectivity index (χ0n) is 25.4. The topological polar surface area (TPSA) is 156 Å². The molecule has 0 saturated heterocycles. The van der Waals surface area contributed by atoms with Crippen molar-refractivity contribution in [2.75, 3.05) is 54.7 Å². The number of carbonyl (C=O) groups is 2. The van der Waals surface area contributed by atoms with Crippen LogP contribution in [0.5, 0.6) is 23.0 Å². The molecule has 4 N–H and O–H groups in total. The second-order valence-corrected chi connectivity index (χ2v) is 11.2. The molecule has 0 spiro atoms. The van der Waals surface area contributed by atoms with Crippen LogP contribution in [0.25, 0.3) is 0 Å². The summed E-state index contributed by atoms with van der Waals surface area (Å²) in [6, 6.07) is 7.91. The molecular formula is C31H41IN2O10. The highest BCUT2D eigenvalue weighted by Crippen LogP contribution is 2.37. The second kappa shape index (κ2) is 17.4. The number of benzene rings is 2. The van der Waals surface area contributed by atoms with Gasteiger partial charge in [-0.3, -0.25) is 9.59 Å². The van der Waals surface area contributed by atoms with Crippen molar-refractivity contribution in [2.24, 2.45) is 0 Å². The molecule has 0 radical (unpaired) electrons. The molecule has 1 aliphatic carbocycles. The van der Waals surface area contributed by atoms with Crippen molar-refractivity contribution in [2.45, 2.75) is 44.1 Å². The minimum absolute atomic E-state index is 0.0371. The average molecular weight is 729 g/mol. The van der Waals surface area contributed by atoms with Gasteiger partial charge in [0.05, 0.1) is 57.2 Å². The Kier molecular flexibility index (Phi) is 14.0. The lowest BCUT2D eigenvalue weighted by atomic mass is 9.87. The highest BCUT2D eigenvalue weighted by molar-refractivity contribution is 14.1. The predicted octanol–water partition coefficient (Wildman–Crippen LogP) is 1.83. The summed E-state index contributed by atoms with van der Waals surface area (Å²) in [7, 11) is 6.09. The number of hydrogen-bond acceptors (Lipinski definition) is 10. The van der Waals surface area contributed by atoms with E-state index in [9.17, 15) is 24.9 Å². The van der Waals surface area contributed by atoms with Crippen LogP contribution >= 0.6 is 22.6 Å². The van der Waals surface area contributed by atoms with Crippen LogP contribution in [0.1, 0.15) is 24.0 Å². The molecule has 0 aromatic heterocycles. The molecule has 0 unspecified atom stereocenters. The molecular weight excluding hydrogens is 687 g/mol. The zero-order valence-corrected chi connectivity index (χ0v) is 27.5. The molecule has 242 valence electrons. The Morgan fingerprint density at radius 1 is 1.05 bits per heavy atom. The molecule has 0 bridgehead atoms. The molecule has 0 fully saturated rings. The van der Waals surface area contributed by atoms with Gasteiger partial charge in [0, 0.05) is 32.2 Å². The molecule has 12 nitrogen and oxygen atoms in total. The van der Waals surface area contributed by atoms with Crippen LogP contribution in [0.4, 0.5) is 0 Å². The summed E-state index contributed by atoms with van der Waals surface area (Å²) in [5, 5.41) is 33.3. The van der Waals surface area contributed by atoms with Gasteiger partial charge < -0.3 is 49.2 Å². The van der Waals surface area contributed by atoms with Crippen LogP contribution in [0.2, 0.25) is 0 Å². The van der Waals surface area contributed by atoms with E-state index >= 15 is 0 Å². The smallest absolute Gasteiger partial charge is 0.247 e. The summed E-state index contributed by atoms with van der Waals surface area (Å²) in [6.07, 6.45) is -0.269. The fourth-order valence-electron chi connectivity index (χ4n) is 5.02. The molecule has 2 amide bonds. The molecule has 44 heavy (non-hydrogen) atoms. The summed E-state index contributed by atoms with van der Waals surface area (Å²) in [5.74, 6) is 1.20. The molecule has 2 aromatic carbocycles. The first kappa shape index (κ1) is 35.4. The van der Waals surface area contributed by atoms with E-state index in [-0.39, 0.29) is 51.7 Å². The van der Waals surface area contributed by atoms with Crippen molar-refractivity contribution >= 4 is 34.4 Å². The van der Waals surface area contributed by atoms with Gasteiger partial charge in [0.2, 0.25) is 11.8 Å². The molecule has 0 heterocycles. The van der Waals surface area contributed by atoms with Crippen LogP contribution in [0.3, 0.4) is 0 Å². The number of hydrogen-bond donors (Lipinski definition) is 4. The van der Waals surface area contributed by atoms with Crippen LogP contribution in [-0.2, 0) is 27.4 Å². The fraction of sp³-hybridized carbons (Fsp3) is 0.484. The van der Waals surface area contributed by atoms with Gasteiger partial charge in [-0.05, 0) is 76.5 Å². The fourth-order valence-corrected chi connectivity index (χ4v) is 5.81. The minimum atomic E-state index is -1.24. The van der Waals surface area contributed by atoms with E-state index in [1.807, 2.05) is 28.7 Å². The van der Waals surface area contributed by atoms with Crippen molar-refractivity contribution in [1.29, 1.82) is 0 Å². The number of nitrogens with zero attached hydrogens (tertiary/aromatic N) is 1. The van der Waals surface area contributed by atoms with Gasteiger partial charge in [-0.1, -0.05) is 0 Å². The largest absolute Gasteiger partial charge is 0.497 e. The summed E-state index contributed by atoms with van der Waals surface area (Å²) in [5.41, 5.74) is 1.71. The van der Waals surface area contributed by atoms with E-state index in [2.05, 4.69) is 5.32 Å². The number of aliphatic hydroxyl groups excluding tert-OH is 3. The first-order valence-corrected chi connectivity index (χ1v) is 15.2. The molecule has 0 aliphatic heterocycles. The molecule has 3 atom stereocenters. The van der Waals surface area contributed by atoms with Crippen molar-refractivity contribution in [3.05, 3.63) is 56.7 Å². The van der Waals surface area contributed by atoms with Gasteiger partial charge in [0.15, 0.2) is 11.5 Å². The zero-order chi connectivity index (χ0) is 32.2. The molecule has 3 rings (SSSR count). The lowest BCUT2D eigenvalue weighted by molar-refractivity contribution is -0.139. The molecule has 13 heteroatoms. The molecule has 2 aromatic rings. The maximum atomic E-state index is 13.6. The van der Waals surface area contributed by atoms with E-state index in [0.29, 0.717) is 44.1 Å². The number of halogens is 1. The van der Waals surface area contributed by atoms with Gasteiger partial charge >= 0.3 is 0 Å². The van der Waals surface area contributed by atoms with E-state index in [1.54, 1.807) is 43.4 Å². The van der Waals surface area contributed by atoms with E-state index in [4.69, 9.17) is 23.7 Å². The van der Waals surface area contributed by atoms with E-state index in [1.165, 1.54) is 20.3 Å². The summed E-state index contributed by atoms with van der Waals surface area (Å²) in [4.78, 5) is 28.3. The number of ether oxygens (including phenoxy) is 5. The summed E-state index contributed by atoms with van der Waals surface area (Å²) in [6.45, 7) is -0.0472. The first-order valence-electron chi connectivity index (χ1n) is 14.1. The van der Waals surface area contributed by atoms with Crippen LogP contribution in [0, 0.1) is 3.57 Å². The quantitative estimate of drug-likeness (QED) is 0.188. The third-order valence-electron chi connectivity index (χ3n) is 7.29. The molecule has 0 saturated carbocycles. The van der Waals surface area contributed by atoms with Gasteiger partial charge in [-0.25, -0.2) is 0 Å². The van der Waals surface area contributed by atoms with Crippen LogP contribution in [0.15, 0.2) is 42.0 Å². The number of carbonyl (C=O) groups excluding carboxylic acids is 2. The normalized spacial score (nSPS) is 17.8. The van der Waals surface area contributed by atoms with Gasteiger partial charge in [0.1, 0.15) is 23.7 Å². The van der Waals surface area contributed by atoms with Crippen molar-refractivity contribution in [3.8, 4) is 23.0 Å². The Morgan fingerprint density at radius 3 is 2.43 bits per heavy atom. The Hall–Kier alpha value is -3.11. The van der Waals surface area contributed by atoms with Crippen LogP contribution < -0.4 is 24.3 Å². The van der Waals surface area contributed by atoms with Crippen molar-refractivity contribution in [3.63, 3.8) is 0 Å². The lowest BCUT2D eigenvalue weighted by Gasteiger charge is -2.41. The Labute approximate surface area is 271 Å². The standard InChI is InChI=1S/C31H41IN2O10/c1-40-12-8-28(37)34(10-7-20-15-22(41-2)5-6-25(20)42-3)24-16-21(31(39)33-9-11-35)17-26(29(24)38)44-30-23(32)13-19(18-36)14-27(30)43-4/h5-6,13-15,17,24,26,29,35-36,38H,7-12,16,18H2,1-4H3,(H,33,39)/t24-,26+,29+/m1/s1. The lowest BCUT2D eigenvalue weighted by Crippen LogP contribution is -2.55. The number of amides is 2. The Morgan fingerprint density at radius 2 is 1.80 bits per heavy atom. The average Bonchev–Trinajstić information content (AvgIpc) is 3.04. The van der Waals surface area contributed by atoms with E-state index < -0.39 is 24.2 Å². The molecule has 1 aliphatic rings. The van der Waals surface area contributed by atoms with Crippen molar-refractivity contribution < 1.29 is 48.6 Å². The van der Waals surface area contributed by atoms with Gasteiger partial charge in [-0.2, -0.15) is 0 Å². The summed E-state index contributed by atoms with van der Waals surface area (Å²) >= 11 is 2.05. The number of rotatable bonds is 16. The number of methoxy groups -OCH3 is 4. The van der Waals surface area contributed by atoms with E-state index in [0.717, 1.165) is 5.56 Å². The minimum Gasteiger partial charge on any atom is -0.497 e. The summed E-state index contributed by atoms with van der Waals surface area (Å²) < 4.78 is 28.5. The number of aliphatic hydroxyl groups is 3. The third kappa shape index (κ3) is 8.97.